The molecule has 0 saturated carbocycles. The van der Waals surface area contributed by atoms with Gasteiger partial charge in [0.1, 0.15) is 0 Å². The van der Waals surface area contributed by atoms with Gasteiger partial charge in [-0.2, -0.15) is 0 Å². The van der Waals surface area contributed by atoms with Crippen molar-refractivity contribution in [2.75, 3.05) is 13.6 Å². The molecule has 5 nitrogen and oxygen atoms in total. The molecule has 0 aliphatic rings. The molecule has 0 aliphatic carbocycles. The van der Waals surface area contributed by atoms with Gasteiger partial charge in [-0.05, 0) is 5.56 Å². The van der Waals surface area contributed by atoms with E-state index in [1.165, 1.54) is 4.90 Å². The number of rotatable bonds is 5. The predicted octanol–water partition coefficient (Wildman–Crippen LogP) is 0.266. The topological polar surface area (TPSA) is 89.4 Å². The van der Waals surface area contributed by atoms with Crippen LogP contribution in [0.3, 0.4) is 0 Å². The number of amides is 2. The normalized spacial score (nSPS) is 13.7. The maximum absolute atomic E-state index is 12.0. The van der Waals surface area contributed by atoms with E-state index in [4.69, 9.17) is 11.5 Å². The Bertz CT molecular complexity index is 420. The second kappa shape index (κ2) is 6.16. The van der Waals surface area contributed by atoms with Crippen LogP contribution in [-0.2, 0) is 9.59 Å². The Morgan fingerprint density at radius 3 is 2.33 bits per heavy atom. The smallest absolute Gasteiger partial charge is 0.237 e. The first-order valence-corrected chi connectivity index (χ1v) is 5.77. The molecular formula is C13H19N3O2. The Morgan fingerprint density at radius 1 is 1.28 bits per heavy atom. The van der Waals surface area contributed by atoms with Gasteiger partial charge in [0, 0.05) is 13.1 Å². The van der Waals surface area contributed by atoms with Crippen LogP contribution in [0, 0.1) is 5.92 Å². The summed E-state index contributed by atoms with van der Waals surface area (Å²) in [4.78, 5) is 24.1. The molecule has 0 heterocycles. The number of hydrogen-bond acceptors (Lipinski definition) is 3. The zero-order valence-corrected chi connectivity index (χ0v) is 10.7. The molecule has 0 aromatic heterocycles. The number of nitrogens with two attached hydrogens (primary N) is 2. The van der Waals surface area contributed by atoms with Crippen LogP contribution in [0.5, 0.6) is 0 Å². The summed E-state index contributed by atoms with van der Waals surface area (Å²) in [6.45, 7) is 1.65. The summed E-state index contributed by atoms with van der Waals surface area (Å²) in [5.41, 5.74) is 12.0. The minimum atomic E-state index is -0.536. The van der Waals surface area contributed by atoms with Crippen LogP contribution in [0.15, 0.2) is 30.3 Å². The molecule has 4 N–H and O–H groups in total. The number of nitrogens with zero attached hydrogens (tertiary/aromatic N) is 1. The highest BCUT2D eigenvalue weighted by atomic mass is 16.2. The minimum Gasteiger partial charge on any atom is -0.368 e. The summed E-state index contributed by atoms with van der Waals surface area (Å²) in [5.74, 6) is -1.13. The summed E-state index contributed by atoms with van der Waals surface area (Å²) in [5, 5.41) is 0. The third-order valence-corrected chi connectivity index (χ3v) is 2.88. The molecule has 5 heteroatoms. The van der Waals surface area contributed by atoms with Crippen LogP contribution in [0.4, 0.5) is 0 Å². The highest BCUT2D eigenvalue weighted by Crippen LogP contribution is 2.20. The maximum atomic E-state index is 12.0. The van der Waals surface area contributed by atoms with Crippen molar-refractivity contribution in [1.29, 1.82) is 0 Å². The number of likely N-dealkylation sites (N-methyl/N-ethyl adjacent to an activating group) is 1. The number of benzene rings is 1. The number of primary amides is 1. The molecule has 0 saturated heterocycles. The molecule has 98 valence electrons. The van der Waals surface area contributed by atoms with Gasteiger partial charge >= 0.3 is 0 Å². The van der Waals surface area contributed by atoms with Crippen molar-refractivity contribution in [3.8, 4) is 0 Å². The van der Waals surface area contributed by atoms with Gasteiger partial charge in [-0.3, -0.25) is 9.59 Å². The van der Waals surface area contributed by atoms with Gasteiger partial charge in [0.2, 0.25) is 11.8 Å². The second-order valence-electron chi connectivity index (χ2n) is 4.39. The van der Waals surface area contributed by atoms with Gasteiger partial charge < -0.3 is 16.4 Å². The van der Waals surface area contributed by atoms with E-state index in [-0.39, 0.29) is 12.5 Å². The predicted molar refractivity (Wildman–Crippen MR) is 69.4 cm³/mol. The fourth-order valence-corrected chi connectivity index (χ4v) is 1.78. The zero-order chi connectivity index (χ0) is 13.7. The number of hydrogen-bond donors (Lipinski definition) is 2. The molecule has 18 heavy (non-hydrogen) atoms. The minimum absolute atomic E-state index is 0.0926. The van der Waals surface area contributed by atoms with Crippen LogP contribution in [0.1, 0.15) is 18.5 Å². The molecule has 0 radical (unpaired) electrons. The van der Waals surface area contributed by atoms with Crippen molar-refractivity contribution in [2.24, 2.45) is 17.4 Å². The first-order valence-electron chi connectivity index (χ1n) is 5.77. The van der Waals surface area contributed by atoms with Crippen molar-refractivity contribution < 1.29 is 9.59 Å². The Kier molecular flexibility index (Phi) is 4.85. The fraction of sp³-hybridized carbons (Fsp3) is 0.385. The van der Waals surface area contributed by atoms with Crippen LogP contribution < -0.4 is 11.5 Å². The first kappa shape index (κ1) is 14.2. The number of carbonyl (C=O) groups is 2. The summed E-state index contributed by atoms with van der Waals surface area (Å²) in [6, 6.07) is 9.00. The molecule has 0 aliphatic heterocycles. The van der Waals surface area contributed by atoms with Crippen LogP contribution in [0.2, 0.25) is 0 Å². The molecule has 1 aromatic rings. The van der Waals surface area contributed by atoms with E-state index >= 15 is 0 Å². The van der Waals surface area contributed by atoms with Crippen LogP contribution >= 0.6 is 0 Å². The van der Waals surface area contributed by atoms with E-state index in [1.807, 2.05) is 30.3 Å². The molecule has 1 rings (SSSR count). The molecule has 2 atom stereocenters. The Labute approximate surface area is 107 Å². The van der Waals surface area contributed by atoms with E-state index in [2.05, 4.69) is 0 Å². The average Bonchev–Trinajstić information content (AvgIpc) is 2.36. The highest BCUT2D eigenvalue weighted by Gasteiger charge is 2.25. The quantitative estimate of drug-likeness (QED) is 0.784. The van der Waals surface area contributed by atoms with E-state index in [0.717, 1.165) is 5.56 Å². The summed E-state index contributed by atoms with van der Waals surface area (Å²) >= 11 is 0. The lowest BCUT2D eigenvalue weighted by Crippen LogP contribution is -2.41. The third kappa shape index (κ3) is 3.56. The highest BCUT2D eigenvalue weighted by molar-refractivity contribution is 5.85. The standard InChI is InChI=1S/C13H19N3O2/c1-9(13(18)16(2)8-11(14)17)12(15)10-6-4-3-5-7-10/h3-7,9,12H,8,15H2,1-2H3,(H2,14,17). The summed E-state index contributed by atoms with van der Waals surface area (Å²) < 4.78 is 0. The molecule has 1 aromatic carbocycles. The SMILES string of the molecule is CC(C(=O)N(C)CC(N)=O)C(N)c1ccccc1. The molecule has 0 bridgehead atoms. The van der Waals surface area contributed by atoms with Gasteiger partial charge in [0.05, 0.1) is 12.5 Å². The van der Waals surface area contributed by atoms with Gasteiger partial charge in [-0.15, -0.1) is 0 Å². The third-order valence-electron chi connectivity index (χ3n) is 2.88. The van der Waals surface area contributed by atoms with Crippen LogP contribution in [0.25, 0.3) is 0 Å². The van der Waals surface area contributed by atoms with Gasteiger partial charge in [0.25, 0.3) is 0 Å². The largest absolute Gasteiger partial charge is 0.368 e. The van der Waals surface area contributed by atoms with Gasteiger partial charge in [0.15, 0.2) is 0 Å². The fourth-order valence-electron chi connectivity index (χ4n) is 1.78. The lowest BCUT2D eigenvalue weighted by Gasteiger charge is -2.24. The molecule has 2 amide bonds. The summed E-state index contributed by atoms with van der Waals surface area (Å²) in [7, 11) is 1.54. The molecular weight excluding hydrogens is 230 g/mol. The molecule has 0 fully saturated rings. The zero-order valence-electron chi connectivity index (χ0n) is 10.7. The van der Waals surface area contributed by atoms with E-state index in [1.54, 1.807) is 14.0 Å². The van der Waals surface area contributed by atoms with Crippen LogP contribution in [-0.4, -0.2) is 30.3 Å². The Morgan fingerprint density at radius 2 is 1.83 bits per heavy atom. The lowest BCUT2D eigenvalue weighted by atomic mass is 9.94. The van der Waals surface area contributed by atoms with E-state index in [0.29, 0.717) is 0 Å². The van der Waals surface area contributed by atoms with Crippen molar-refractivity contribution in [2.45, 2.75) is 13.0 Å². The number of carbonyl (C=O) groups excluding carboxylic acids is 2. The second-order valence-corrected chi connectivity index (χ2v) is 4.39. The van der Waals surface area contributed by atoms with Crippen molar-refractivity contribution in [3.05, 3.63) is 35.9 Å². The van der Waals surface area contributed by atoms with Gasteiger partial charge in [-0.25, -0.2) is 0 Å². The maximum Gasteiger partial charge on any atom is 0.237 e. The lowest BCUT2D eigenvalue weighted by molar-refractivity contribution is -0.137. The Balaban J connectivity index is 2.72. The summed E-state index contributed by atoms with van der Waals surface area (Å²) in [6.07, 6.45) is 0. The van der Waals surface area contributed by atoms with Crippen molar-refractivity contribution >= 4 is 11.8 Å². The monoisotopic (exact) mass is 249 g/mol. The van der Waals surface area contributed by atoms with E-state index in [9.17, 15) is 9.59 Å². The van der Waals surface area contributed by atoms with E-state index < -0.39 is 17.9 Å². The molecule has 0 spiro atoms. The molecule has 2 unspecified atom stereocenters. The van der Waals surface area contributed by atoms with Crippen molar-refractivity contribution in [1.82, 2.24) is 4.90 Å². The average molecular weight is 249 g/mol. The Hall–Kier alpha value is -1.88. The first-order chi connectivity index (χ1) is 8.43. The van der Waals surface area contributed by atoms with Crippen molar-refractivity contribution in [3.63, 3.8) is 0 Å². The van der Waals surface area contributed by atoms with Gasteiger partial charge in [-0.1, -0.05) is 37.3 Å².